The Bertz CT molecular complexity index is 784. The lowest BCUT2D eigenvalue weighted by molar-refractivity contribution is -0.386. The van der Waals surface area contributed by atoms with Crippen molar-refractivity contribution in [2.45, 2.75) is 44.5 Å². The number of nitro benzene ring substituents is 1. The molecule has 2 aromatic carbocycles. The summed E-state index contributed by atoms with van der Waals surface area (Å²) in [6, 6.07) is 12.2. The van der Waals surface area contributed by atoms with E-state index in [1.165, 1.54) is 6.07 Å². The molecule has 150 valence electrons. The summed E-state index contributed by atoms with van der Waals surface area (Å²) in [5.41, 5.74) is 0.861. The predicted molar refractivity (Wildman–Crippen MR) is 104 cm³/mol. The van der Waals surface area contributed by atoms with Gasteiger partial charge in [0, 0.05) is 7.11 Å². The summed E-state index contributed by atoms with van der Waals surface area (Å²) >= 11 is 0. The number of benzene rings is 2. The Morgan fingerprint density at radius 3 is 2.21 bits per heavy atom. The molecular weight excluding hydrogens is 362 g/mol. The molecule has 0 radical (unpaired) electrons. The van der Waals surface area contributed by atoms with E-state index in [4.69, 9.17) is 18.9 Å². The molecule has 0 bridgehead atoms. The molecule has 7 heteroatoms. The number of ether oxygens (including phenoxy) is 4. The molecule has 28 heavy (non-hydrogen) atoms. The van der Waals surface area contributed by atoms with Gasteiger partial charge in [-0.1, -0.05) is 12.1 Å². The molecule has 2 aromatic rings. The SMILES string of the molecule is COc1ccc(COc2ccc(OC3CCC(OC)CC3)c([N+](=O)[O-])c2)cc1. The molecule has 0 saturated heterocycles. The Hall–Kier alpha value is -2.80. The highest BCUT2D eigenvalue weighted by molar-refractivity contribution is 5.51. The summed E-state index contributed by atoms with van der Waals surface area (Å²) in [5.74, 6) is 1.47. The molecule has 0 N–H and O–H groups in total. The number of rotatable bonds is 8. The predicted octanol–water partition coefficient (Wildman–Crippen LogP) is 4.52. The normalized spacial score (nSPS) is 19.1. The van der Waals surface area contributed by atoms with Crippen LogP contribution in [-0.2, 0) is 11.3 Å². The number of methoxy groups -OCH3 is 2. The number of hydrogen-bond acceptors (Lipinski definition) is 6. The van der Waals surface area contributed by atoms with E-state index in [1.807, 2.05) is 24.3 Å². The minimum atomic E-state index is -0.434. The summed E-state index contributed by atoms with van der Waals surface area (Å²) in [5, 5.41) is 11.5. The van der Waals surface area contributed by atoms with Gasteiger partial charge in [-0.2, -0.15) is 0 Å². The van der Waals surface area contributed by atoms with Gasteiger partial charge in [-0.3, -0.25) is 10.1 Å². The van der Waals surface area contributed by atoms with Crippen LogP contribution < -0.4 is 14.2 Å². The zero-order chi connectivity index (χ0) is 19.9. The van der Waals surface area contributed by atoms with Crippen LogP contribution >= 0.6 is 0 Å². The first kappa shape index (κ1) is 19.9. The zero-order valence-electron chi connectivity index (χ0n) is 16.1. The van der Waals surface area contributed by atoms with E-state index < -0.39 is 4.92 Å². The molecule has 0 aromatic heterocycles. The fourth-order valence-electron chi connectivity index (χ4n) is 3.28. The molecule has 7 nitrogen and oxygen atoms in total. The molecule has 0 unspecified atom stereocenters. The highest BCUT2D eigenvalue weighted by Crippen LogP contribution is 2.34. The highest BCUT2D eigenvalue weighted by atomic mass is 16.6. The molecule has 0 amide bonds. The first-order valence-electron chi connectivity index (χ1n) is 9.32. The molecule has 3 rings (SSSR count). The van der Waals surface area contributed by atoms with Gasteiger partial charge < -0.3 is 18.9 Å². The van der Waals surface area contributed by atoms with Gasteiger partial charge in [0.1, 0.15) is 18.1 Å². The van der Waals surface area contributed by atoms with Gasteiger partial charge in [0.05, 0.1) is 30.3 Å². The van der Waals surface area contributed by atoms with Crippen LogP contribution in [-0.4, -0.2) is 31.4 Å². The van der Waals surface area contributed by atoms with Crippen molar-refractivity contribution in [3.63, 3.8) is 0 Å². The fraction of sp³-hybridized carbons (Fsp3) is 0.429. The Morgan fingerprint density at radius 1 is 0.964 bits per heavy atom. The average Bonchev–Trinajstić information content (AvgIpc) is 2.73. The Labute approximate surface area is 164 Å². The second-order valence-corrected chi connectivity index (χ2v) is 6.78. The van der Waals surface area contributed by atoms with Gasteiger partial charge in [0.2, 0.25) is 0 Å². The second-order valence-electron chi connectivity index (χ2n) is 6.78. The van der Waals surface area contributed by atoms with Crippen LogP contribution in [0.1, 0.15) is 31.2 Å². The maximum absolute atomic E-state index is 11.5. The number of nitrogens with zero attached hydrogens (tertiary/aromatic N) is 1. The lowest BCUT2D eigenvalue weighted by Gasteiger charge is -2.27. The third-order valence-corrected chi connectivity index (χ3v) is 4.94. The summed E-state index contributed by atoms with van der Waals surface area (Å²) in [6.45, 7) is 0.308. The van der Waals surface area contributed by atoms with E-state index in [1.54, 1.807) is 26.4 Å². The fourth-order valence-corrected chi connectivity index (χ4v) is 3.28. The number of nitro groups is 1. The van der Waals surface area contributed by atoms with Gasteiger partial charge in [0.25, 0.3) is 0 Å². The van der Waals surface area contributed by atoms with Gasteiger partial charge in [-0.15, -0.1) is 0 Å². The first-order chi connectivity index (χ1) is 13.6. The lowest BCUT2D eigenvalue weighted by atomic mass is 9.95. The second kappa shape index (κ2) is 9.41. The van der Waals surface area contributed by atoms with Gasteiger partial charge in [-0.05, 0) is 55.5 Å². The van der Waals surface area contributed by atoms with Crippen LogP contribution in [0, 0.1) is 10.1 Å². The van der Waals surface area contributed by atoms with Crippen molar-refractivity contribution in [3.8, 4) is 17.2 Å². The average molecular weight is 387 g/mol. The molecule has 0 heterocycles. The van der Waals surface area contributed by atoms with Crippen LogP contribution in [0.2, 0.25) is 0 Å². The zero-order valence-corrected chi connectivity index (χ0v) is 16.1. The van der Waals surface area contributed by atoms with E-state index in [0.717, 1.165) is 37.0 Å². The Kier molecular flexibility index (Phi) is 6.71. The first-order valence-corrected chi connectivity index (χ1v) is 9.32. The molecule has 1 aliphatic rings. The van der Waals surface area contributed by atoms with E-state index >= 15 is 0 Å². The van der Waals surface area contributed by atoms with Crippen LogP contribution in [0.5, 0.6) is 17.2 Å². The van der Waals surface area contributed by atoms with Crippen molar-refractivity contribution in [1.82, 2.24) is 0 Å². The summed E-state index contributed by atoms with van der Waals surface area (Å²) in [7, 11) is 3.32. The molecule has 1 fully saturated rings. The monoisotopic (exact) mass is 387 g/mol. The topological polar surface area (TPSA) is 80.1 Å². The minimum absolute atomic E-state index is 0.0313. The van der Waals surface area contributed by atoms with Crippen molar-refractivity contribution >= 4 is 5.69 Å². The molecule has 1 saturated carbocycles. The maximum Gasteiger partial charge on any atom is 0.314 e. The molecule has 0 spiro atoms. The molecule has 1 aliphatic carbocycles. The van der Waals surface area contributed by atoms with E-state index in [9.17, 15) is 10.1 Å². The molecule has 0 aliphatic heterocycles. The van der Waals surface area contributed by atoms with Crippen LogP contribution in [0.4, 0.5) is 5.69 Å². The third-order valence-electron chi connectivity index (χ3n) is 4.94. The lowest BCUT2D eigenvalue weighted by Crippen LogP contribution is -2.27. The van der Waals surface area contributed by atoms with E-state index in [2.05, 4.69) is 0 Å². The Balaban J connectivity index is 1.64. The minimum Gasteiger partial charge on any atom is -0.497 e. The highest BCUT2D eigenvalue weighted by Gasteiger charge is 2.25. The van der Waals surface area contributed by atoms with Crippen LogP contribution in [0.3, 0.4) is 0 Å². The number of hydrogen-bond donors (Lipinski definition) is 0. The summed E-state index contributed by atoms with van der Waals surface area (Å²) < 4.78 is 22.1. The smallest absolute Gasteiger partial charge is 0.314 e. The largest absolute Gasteiger partial charge is 0.497 e. The quantitative estimate of drug-likeness (QED) is 0.489. The third kappa shape index (κ3) is 5.13. The van der Waals surface area contributed by atoms with Crippen molar-refractivity contribution < 1.29 is 23.9 Å². The van der Waals surface area contributed by atoms with E-state index in [-0.39, 0.29) is 23.6 Å². The summed E-state index contributed by atoms with van der Waals surface area (Å²) in [6.07, 6.45) is 3.67. The van der Waals surface area contributed by atoms with Gasteiger partial charge in [0.15, 0.2) is 5.75 Å². The van der Waals surface area contributed by atoms with E-state index in [0.29, 0.717) is 12.4 Å². The van der Waals surface area contributed by atoms with Gasteiger partial charge >= 0.3 is 5.69 Å². The summed E-state index contributed by atoms with van der Waals surface area (Å²) in [4.78, 5) is 11.1. The maximum atomic E-state index is 11.5. The van der Waals surface area contributed by atoms with Crippen LogP contribution in [0.15, 0.2) is 42.5 Å². The van der Waals surface area contributed by atoms with Crippen molar-refractivity contribution in [1.29, 1.82) is 0 Å². The van der Waals surface area contributed by atoms with Crippen molar-refractivity contribution in [2.75, 3.05) is 14.2 Å². The van der Waals surface area contributed by atoms with Gasteiger partial charge in [-0.25, -0.2) is 0 Å². The standard InChI is InChI=1S/C21H25NO6/c1-25-16-5-3-15(4-6-16)14-27-19-11-12-21(20(13-19)22(23)24)28-18-9-7-17(26-2)8-10-18/h3-6,11-13,17-18H,7-10,14H2,1-2H3. The molecule has 0 atom stereocenters. The van der Waals surface area contributed by atoms with Crippen LogP contribution in [0.25, 0.3) is 0 Å². The van der Waals surface area contributed by atoms with Crippen molar-refractivity contribution in [2.24, 2.45) is 0 Å². The molecular formula is C21H25NO6. The Morgan fingerprint density at radius 2 is 1.61 bits per heavy atom. The van der Waals surface area contributed by atoms with Crippen molar-refractivity contribution in [3.05, 3.63) is 58.1 Å².